The normalized spacial score (nSPS) is 12.5. The molecule has 19 heavy (non-hydrogen) atoms. The Morgan fingerprint density at radius 1 is 1.32 bits per heavy atom. The van der Waals surface area contributed by atoms with Crippen LogP contribution in [0.3, 0.4) is 0 Å². The number of hydrogen-bond acceptors (Lipinski definition) is 2. The number of aliphatic hydroxyl groups excluding tert-OH is 1. The second kappa shape index (κ2) is 7.05. The molecule has 1 unspecified atom stereocenters. The van der Waals surface area contributed by atoms with Crippen molar-refractivity contribution in [2.45, 2.75) is 38.7 Å². The van der Waals surface area contributed by atoms with Gasteiger partial charge >= 0.3 is 6.36 Å². The van der Waals surface area contributed by atoms with Crippen molar-refractivity contribution >= 4 is 0 Å². The summed E-state index contributed by atoms with van der Waals surface area (Å²) in [5.41, 5.74) is 0.107. The van der Waals surface area contributed by atoms with Crippen molar-refractivity contribution in [3.8, 4) is 17.6 Å². The van der Waals surface area contributed by atoms with Gasteiger partial charge in [0.1, 0.15) is 11.9 Å². The minimum Gasteiger partial charge on any atom is -0.404 e. The van der Waals surface area contributed by atoms with Crippen molar-refractivity contribution in [2.75, 3.05) is 0 Å². The highest BCUT2D eigenvalue weighted by Gasteiger charge is 2.31. The molecule has 1 N–H and O–H groups in total. The lowest BCUT2D eigenvalue weighted by Gasteiger charge is -2.10. The largest absolute Gasteiger partial charge is 0.573 e. The molecule has 5 heteroatoms. The summed E-state index contributed by atoms with van der Waals surface area (Å²) in [5.74, 6) is 4.68. The van der Waals surface area contributed by atoms with Gasteiger partial charge in [-0.15, -0.1) is 13.2 Å². The average Bonchev–Trinajstić information content (AvgIpc) is 2.33. The molecule has 1 aromatic carbocycles. The maximum absolute atomic E-state index is 12.2. The number of hydrogen-bond donors (Lipinski definition) is 1. The number of aliphatic hydroxyl groups is 1. The lowest BCUT2D eigenvalue weighted by atomic mass is 10.1. The minimum atomic E-state index is -4.75. The minimum absolute atomic E-state index is 0.107. The van der Waals surface area contributed by atoms with Gasteiger partial charge < -0.3 is 9.84 Å². The highest BCUT2D eigenvalue weighted by molar-refractivity contribution is 5.46. The van der Waals surface area contributed by atoms with Gasteiger partial charge in [0.15, 0.2) is 0 Å². The lowest BCUT2D eigenvalue weighted by molar-refractivity contribution is -0.274. The zero-order chi connectivity index (χ0) is 14.3. The Morgan fingerprint density at radius 2 is 2.00 bits per heavy atom. The maximum atomic E-state index is 12.2. The van der Waals surface area contributed by atoms with E-state index in [9.17, 15) is 18.3 Å². The molecular formula is C14H15F3O2. The summed E-state index contributed by atoms with van der Waals surface area (Å²) in [6.45, 7) is 1.98. The van der Waals surface area contributed by atoms with Crippen LogP contribution in [0.15, 0.2) is 24.3 Å². The standard InChI is InChI=1S/C14H15F3O2/c1-2-3-7-12(18)10-9-11-6-4-5-8-13(11)19-14(15,16)17/h4-6,8,12,18H,2-3,7H2,1H3. The fraction of sp³-hybridized carbons (Fsp3) is 0.429. The third-order valence-electron chi connectivity index (χ3n) is 2.32. The Balaban J connectivity index is 2.81. The average molecular weight is 272 g/mol. The van der Waals surface area contributed by atoms with E-state index in [2.05, 4.69) is 16.6 Å². The molecule has 0 amide bonds. The van der Waals surface area contributed by atoms with Crippen LogP contribution < -0.4 is 4.74 Å². The quantitative estimate of drug-likeness (QED) is 0.850. The molecule has 0 saturated carbocycles. The van der Waals surface area contributed by atoms with Crippen molar-refractivity contribution in [3.05, 3.63) is 29.8 Å². The number of unbranched alkanes of at least 4 members (excludes halogenated alkanes) is 1. The van der Waals surface area contributed by atoms with Crippen LogP contribution in [0.1, 0.15) is 31.7 Å². The van der Waals surface area contributed by atoms with Gasteiger partial charge in [-0.2, -0.15) is 0 Å². The molecule has 0 aliphatic rings. The number of benzene rings is 1. The van der Waals surface area contributed by atoms with E-state index < -0.39 is 12.5 Å². The smallest absolute Gasteiger partial charge is 0.404 e. The highest BCUT2D eigenvalue weighted by Crippen LogP contribution is 2.25. The van der Waals surface area contributed by atoms with Gasteiger partial charge in [-0.05, 0) is 18.6 Å². The number of alkyl halides is 3. The van der Waals surface area contributed by atoms with E-state index in [0.717, 1.165) is 12.8 Å². The predicted molar refractivity (Wildman–Crippen MR) is 65.5 cm³/mol. The van der Waals surface area contributed by atoms with E-state index in [0.29, 0.717) is 6.42 Å². The molecule has 0 aliphatic heterocycles. The van der Waals surface area contributed by atoms with Crippen molar-refractivity contribution < 1.29 is 23.0 Å². The molecule has 1 rings (SSSR count). The first kappa shape index (κ1) is 15.4. The van der Waals surface area contributed by atoms with Crippen molar-refractivity contribution in [1.82, 2.24) is 0 Å². The summed E-state index contributed by atoms with van der Waals surface area (Å²) in [6, 6.07) is 5.60. The molecule has 0 heterocycles. The fourth-order valence-corrected chi connectivity index (χ4v) is 1.41. The van der Waals surface area contributed by atoms with Crippen LogP contribution in [0.5, 0.6) is 5.75 Å². The Morgan fingerprint density at radius 3 is 2.63 bits per heavy atom. The van der Waals surface area contributed by atoms with E-state index in [1.165, 1.54) is 18.2 Å². The lowest BCUT2D eigenvalue weighted by Crippen LogP contribution is -2.17. The molecular weight excluding hydrogens is 257 g/mol. The molecule has 1 atom stereocenters. The summed E-state index contributed by atoms with van der Waals surface area (Å²) < 4.78 is 40.4. The van der Waals surface area contributed by atoms with Crippen LogP contribution in [0.2, 0.25) is 0 Å². The Bertz CT molecular complexity index is 458. The van der Waals surface area contributed by atoms with Gasteiger partial charge in [0.2, 0.25) is 0 Å². The molecule has 0 fully saturated rings. The van der Waals surface area contributed by atoms with E-state index in [1.807, 2.05) is 6.92 Å². The fourth-order valence-electron chi connectivity index (χ4n) is 1.41. The van der Waals surface area contributed by atoms with E-state index in [1.54, 1.807) is 6.07 Å². The predicted octanol–water partition coefficient (Wildman–Crippen LogP) is 3.49. The van der Waals surface area contributed by atoms with E-state index in [4.69, 9.17) is 0 Å². The molecule has 0 radical (unpaired) electrons. The Hall–Kier alpha value is -1.67. The van der Waals surface area contributed by atoms with Crippen molar-refractivity contribution in [3.63, 3.8) is 0 Å². The molecule has 1 aromatic rings. The molecule has 104 valence electrons. The first-order chi connectivity index (χ1) is 8.92. The van der Waals surface area contributed by atoms with Gasteiger partial charge in [-0.1, -0.05) is 43.7 Å². The maximum Gasteiger partial charge on any atom is 0.573 e. The van der Waals surface area contributed by atoms with Crippen LogP contribution in [-0.2, 0) is 0 Å². The van der Waals surface area contributed by atoms with Crippen molar-refractivity contribution in [2.24, 2.45) is 0 Å². The molecule has 0 bridgehead atoms. The second-order valence-corrected chi connectivity index (χ2v) is 3.97. The molecule has 0 aromatic heterocycles. The van der Waals surface area contributed by atoms with Gasteiger partial charge in [-0.3, -0.25) is 0 Å². The first-order valence-electron chi connectivity index (χ1n) is 5.96. The third-order valence-corrected chi connectivity index (χ3v) is 2.32. The van der Waals surface area contributed by atoms with E-state index in [-0.39, 0.29) is 11.3 Å². The molecule has 0 saturated heterocycles. The molecule has 2 nitrogen and oxygen atoms in total. The first-order valence-corrected chi connectivity index (χ1v) is 5.96. The van der Waals surface area contributed by atoms with Gasteiger partial charge in [0, 0.05) is 0 Å². The number of halogens is 3. The van der Waals surface area contributed by atoms with Crippen LogP contribution in [0, 0.1) is 11.8 Å². The summed E-state index contributed by atoms with van der Waals surface area (Å²) in [5, 5.41) is 9.53. The monoisotopic (exact) mass is 272 g/mol. The van der Waals surface area contributed by atoms with Crippen LogP contribution in [0.4, 0.5) is 13.2 Å². The summed E-state index contributed by atoms with van der Waals surface area (Å²) in [7, 11) is 0. The topological polar surface area (TPSA) is 29.5 Å². The van der Waals surface area contributed by atoms with Crippen LogP contribution in [-0.4, -0.2) is 17.6 Å². The zero-order valence-corrected chi connectivity index (χ0v) is 10.5. The van der Waals surface area contributed by atoms with Crippen LogP contribution in [0.25, 0.3) is 0 Å². The number of para-hydroxylation sites is 1. The van der Waals surface area contributed by atoms with Gasteiger partial charge in [0.05, 0.1) is 5.56 Å². The SMILES string of the molecule is CCCCC(O)C#Cc1ccccc1OC(F)(F)F. The Labute approximate surface area is 110 Å². The Kier molecular flexibility index (Phi) is 5.71. The number of rotatable bonds is 4. The van der Waals surface area contributed by atoms with Gasteiger partial charge in [-0.25, -0.2) is 0 Å². The zero-order valence-electron chi connectivity index (χ0n) is 10.5. The summed E-state index contributed by atoms with van der Waals surface area (Å²) in [6.07, 6.45) is -3.34. The molecule has 0 aliphatic carbocycles. The van der Waals surface area contributed by atoms with Crippen molar-refractivity contribution in [1.29, 1.82) is 0 Å². The van der Waals surface area contributed by atoms with Crippen LogP contribution >= 0.6 is 0 Å². The van der Waals surface area contributed by atoms with Gasteiger partial charge in [0.25, 0.3) is 0 Å². The third kappa shape index (κ3) is 6.16. The second-order valence-electron chi connectivity index (χ2n) is 3.97. The number of ether oxygens (including phenoxy) is 1. The molecule has 0 spiro atoms. The summed E-state index contributed by atoms with van der Waals surface area (Å²) >= 11 is 0. The summed E-state index contributed by atoms with van der Waals surface area (Å²) in [4.78, 5) is 0. The van der Waals surface area contributed by atoms with E-state index >= 15 is 0 Å². The highest BCUT2D eigenvalue weighted by atomic mass is 19.4.